The van der Waals surface area contributed by atoms with Gasteiger partial charge in [-0.1, -0.05) is 18.2 Å². The molecule has 1 amide bonds. The van der Waals surface area contributed by atoms with Crippen LogP contribution in [0, 0.1) is 13.8 Å². The van der Waals surface area contributed by atoms with Crippen molar-refractivity contribution >= 4 is 5.91 Å². The smallest absolute Gasteiger partial charge is 0.254 e. The van der Waals surface area contributed by atoms with Crippen molar-refractivity contribution in [2.24, 2.45) is 0 Å². The number of carbonyl (C=O) groups is 1. The van der Waals surface area contributed by atoms with Gasteiger partial charge in [-0.3, -0.25) is 4.79 Å². The van der Waals surface area contributed by atoms with Crippen LogP contribution >= 0.6 is 0 Å². The van der Waals surface area contributed by atoms with Crippen LogP contribution in [0.1, 0.15) is 42.3 Å². The zero-order valence-electron chi connectivity index (χ0n) is 11.1. The van der Waals surface area contributed by atoms with Gasteiger partial charge < -0.3 is 4.90 Å². The van der Waals surface area contributed by atoms with E-state index in [1.54, 1.807) is 4.90 Å². The van der Waals surface area contributed by atoms with E-state index in [1.165, 1.54) is 0 Å². The average Bonchev–Trinajstić information content (AvgIpc) is 2.14. The van der Waals surface area contributed by atoms with Crippen molar-refractivity contribution < 1.29 is 4.79 Å². The zero-order chi connectivity index (χ0) is 12.5. The normalized spacial score (nSPS) is 11.4. The number of amides is 1. The number of aryl methyl sites for hydroxylation is 2. The Morgan fingerprint density at radius 1 is 1.12 bits per heavy atom. The van der Waals surface area contributed by atoms with E-state index >= 15 is 0 Å². The van der Waals surface area contributed by atoms with Gasteiger partial charge in [-0.25, -0.2) is 0 Å². The van der Waals surface area contributed by atoms with Crippen molar-refractivity contribution in [1.82, 2.24) is 4.90 Å². The third-order valence-corrected chi connectivity index (χ3v) is 3.01. The molecule has 0 aliphatic carbocycles. The van der Waals surface area contributed by atoms with E-state index in [4.69, 9.17) is 0 Å². The van der Waals surface area contributed by atoms with Crippen LogP contribution in [-0.4, -0.2) is 23.4 Å². The standard InChI is InChI=1S/C14H21NO/c1-10-8-7-9-11(2)12(10)13(16)15(6)14(3,4)5/h7-9H,1-6H3. The van der Waals surface area contributed by atoms with Crippen LogP contribution in [0.15, 0.2) is 18.2 Å². The lowest BCUT2D eigenvalue weighted by atomic mass is 9.99. The van der Waals surface area contributed by atoms with Crippen molar-refractivity contribution in [3.05, 3.63) is 34.9 Å². The highest BCUT2D eigenvalue weighted by Gasteiger charge is 2.25. The molecule has 0 radical (unpaired) electrons. The van der Waals surface area contributed by atoms with Gasteiger partial charge in [0.15, 0.2) is 0 Å². The van der Waals surface area contributed by atoms with E-state index in [1.807, 2.05) is 59.9 Å². The zero-order valence-corrected chi connectivity index (χ0v) is 11.1. The van der Waals surface area contributed by atoms with Crippen molar-refractivity contribution in [3.8, 4) is 0 Å². The second-order valence-electron chi connectivity index (χ2n) is 5.30. The fourth-order valence-electron chi connectivity index (χ4n) is 1.62. The van der Waals surface area contributed by atoms with Crippen LogP contribution in [0.2, 0.25) is 0 Å². The summed E-state index contributed by atoms with van der Waals surface area (Å²) in [7, 11) is 1.86. The number of carbonyl (C=O) groups excluding carboxylic acids is 1. The Morgan fingerprint density at radius 2 is 1.56 bits per heavy atom. The number of rotatable bonds is 1. The van der Waals surface area contributed by atoms with Crippen LogP contribution in [0.3, 0.4) is 0 Å². The highest BCUT2D eigenvalue weighted by molar-refractivity contribution is 5.97. The van der Waals surface area contributed by atoms with Crippen LogP contribution in [0.4, 0.5) is 0 Å². The quantitative estimate of drug-likeness (QED) is 0.710. The highest BCUT2D eigenvalue weighted by atomic mass is 16.2. The third kappa shape index (κ3) is 2.43. The van der Waals surface area contributed by atoms with E-state index in [9.17, 15) is 4.79 Å². The van der Waals surface area contributed by atoms with Gasteiger partial charge in [-0.2, -0.15) is 0 Å². The Kier molecular flexibility index (Phi) is 3.41. The van der Waals surface area contributed by atoms with Gasteiger partial charge in [0, 0.05) is 18.2 Å². The van der Waals surface area contributed by atoms with Crippen molar-refractivity contribution in [2.75, 3.05) is 7.05 Å². The van der Waals surface area contributed by atoms with Gasteiger partial charge in [-0.05, 0) is 45.7 Å². The number of hydrogen-bond acceptors (Lipinski definition) is 1. The van der Waals surface area contributed by atoms with E-state index in [2.05, 4.69) is 0 Å². The fraction of sp³-hybridized carbons (Fsp3) is 0.500. The summed E-state index contributed by atoms with van der Waals surface area (Å²) < 4.78 is 0. The molecule has 0 spiro atoms. The second-order valence-corrected chi connectivity index (χ2v) is 5.30. The highest BCUT2D eigenvalue weighted by Crippen LogP contribution is 2.20. The first-order chi connectivity index (χ1) is 7.25. The minimum absolute atomic E-state index is 0.100. The summed E-state index contributed by atoms with van der Waals surface area (Å²) in [5.74, 6) is 0.100. The Bertz CT molecular complexity index is 381. The van der Waals surface area contributed by atoms with E-state index in [0.717, 1.165) is 16.7 Å². The molecule has 0 saturated heterocycles. The van der Waals surface area contributed by atoms with Crippen LogP contribution in [-0.2, 0) is 0 Å². The van der Waals surface area contributed by atoms with Crippen LogP contribution < -0.4 is 0 Å². The number of benzene rings is 1. The summed E-state index contributed by atoms with van der Waals surface area (Å²) in [5.41, 5.74) is 2.77. The first-order valence-corrected chi connectivity index (χ1v) is 5.59. The monoisotopic (exact) mass is 219 g/mol. The van der Waals surface area contributed by atoms with Gasteiger partial charge in [0.1, 0.15) is 0 Å². The van der Waals surface area contributed by atoms with Gasteiger partial charge >= 0.3 is 0 Å². The number of hydrogen-bond donors (Lipinski definition) is 0. The van der Waals surface area contributed by atoms with E-state index in [-0.39, 0.29) is 11.4 Å². The second kappa shape index (κ2) is 4.28. The SMILES string of the molecule is Cc1cccc(C)c1C(=O)N(C)C(C)(C)C. The van der Waals surface area contributed by atoms with E-state index < -0.39 is 0 Å². The molecule has 0 unspecified atom stereocenters. The molecule has 0 saturated carbocycles. The molecule has 16 heavy (non-hydrogen) atoms. The van der Waals surface area contributed by atoms with Gasteiger partial charge in [0.05, 0.1) is 0 Å². The maximum atomic E-state index is 12.4. The molecule has 2 heteroatoms. The lowest BCUT2D eigenvalue weighted by Gasteiger charge is -2.32. The molecule has 1 rings (SSSR count). The summed E-state index contributed by atoms with van der Waals surface area (Å²) in [4.78, 5) is 14.2. The first kappa shape index (κ1) is 12.8. The Labute approximate surface area is 98.3 Å². The molecule has 0 aliphatic rings. The molecular weight excluding hydrogens is 198 g/mol. The van der Waals surface area contributed by atoms with E-state index in [0.29, 0.717) is 0 Å². The molecular formula is C14H21NO. The molecule has 2 nitrogen and oxygen atoms in total. The Morgan fingerprint density at radius 3 is 1.94 bits per heavy atom. The molecule has 0 N–H and O–H groups in total. The molecule has 0 bridgehead atoms. The maximum Gasteiger partial charge on any atom is 0.254 e. The molecule has 0 aliphatic heterocycles. The maximum absolute atomic E-state index is 12.4. The molecule has 88 valence electrons. The first-order valence-electron chi connectivity index (χ1n) is 5.59. The van der Waals surface area contributed by atoms with Gasteiger partial charge in [0.2, 0.25) is 0 Å². The topological polar surface area (TPSA) is 20.3 Å². The van der Waals surface area contributed by atoms with Crippen molar-refractivity contribution in [3.63, 3.8) is 0 Å². The van der Waals surface area contributed by atoms with Crippen molar-refractivity contribution in [2.45, 2.75) is 40.2 Å². The van der Waals surface area contributed by atoms with Crippen LogP contribution in [0.5, 0.6) is 0 Å². The lowest BCUT2D eigenvalue weighted by Crippen LogP contribution is -2.43. The lowest BCUT2D eigenvalue weighted by molar-refractivity contribution is 0.0654. The third-order valence-electron chi connectivity index (χ3n) is 3.01. The Hall–Kier alpha value is -1.31. The summed E-state index contributed by atoms with van der Waals surface area (Å²) >= 11 is 0. The Balaban J connectivity index is 3.16. The molecule has 0 aromatic heterocycles. The van der Waals surface area contributed by atoms with Crippen molar-refractivity contribution in [1.29, 1.82) is 0 Å². The largest absolute Gasteiger partial charge is 0.337 e. The molecule has 0 atom stereocenters. The minimum Gasteiger partial charge on any atom is -0.337 e. The fourth-order valence-corrected chi connectivity index (χ4v) is 1.62. The molecule has 1 aromatic rings. The molecule has 0 heterocycles. The minimum atomic E-state index is -0.147. The summed E-state index contributed by atoms with van der Waals surface area (Å²) in [6.07, 6.45) is 0. The molecule has 0 fully saturated rings. The van der Waals surface area contributed by atoms with Gasteiger partial charge in [-0.15, -0.1) is 0 Å². The molecule has 1 aromatic carbocycles. The summed E-state index contributed by atoms with van der Waals surface area (Å²) in [6.45, 7) is 10.1. The van der Waals surface area contributed by atoms with Gasteiger partial charge in [0.25, 0.3) is 5.91 Å². The predicted octanol–water partition coefficient (Wildman–Crippen LogP) is 3.17. The summed E-state index contributed by atoms with van der Waals surface area (Å²) in [6, 6.07) is 5.95. The van der Waals surface area contributed by atoms with Crippen LogP contribution in [0.25, 0.3) is 0 Å². The predicted molar refractivity (Wildman–Crippen MR) is 67.8 cm³/mol. The summed E-state index contributed by atoms with van der Waals surface area (Å²) in [5, 5.41) is 0. The average molecular weight is 219 g/mol. The number of nitrogens with zero attached hydrogens (tertiary/aromatic N) is 1.